The summed E-state index contributed by atoms with van der Waals surface area (Å²) in [6, 6.07) is 5.18. The number of hydrogen-bond donors (Lipinski definition) is 0. The van der Waals surface area contributed by atoms with Crippen LogP contribution in [0.25, 0.3) is 5.65 Å². The predicted octanol–water partition coefficient (Wildman–Crippen LogP) is 3.91. The molecule has 0 saturated heterocycles. The molecule has 1 fully saturated rings. The Bertz CT molecular complexity index is 664. The molecular formula is C15H17ClN2OS. The minimum atomic E-state index is -0.0586. The first kappa shape index (κ1) is 14.0. The molecule has 2 aromatic heterocycles. The van der Waals surface area contributed by atoms with Gasteiger partial charge < -0.3 is 0 Å². The number of rotatable bonds is 3. The SMILES string of the molecule is O=c1cc(CSC2CCCCC2)nc2ccc(Cl)cn12. The molecule has 1 saturated carbocycles. The maximum absolute atomic E-state index is 12.1. The second kappa shape index (κ2) is 6.19. The van der Waals surface area contributed by atoms with Gasteiger partial charge in [-0.1, -0.05) is 30.9 Å². The van der Waals surface area contributed by atoms with Crippen LogP contribution in [0.4, 0.5) is 0 Å². The van der Waals surface area contributed by atoms with Crippen LogP contribution in [0.1, 0.15) is 37.8 Å². The molecule has 3 rings (SSSR count). The van der Waals surface area contributed by atoms with Gasteiger partial charge in [0, 0.05) is 23.3 Å². The van der Waals surface area contributed by atoms with E-state index in [1.807, 2.05) is 11.8 Å². The van der Waals surface area contributed by atoms with Gasteiger partial charge in [-0.05, 0) is 25.0 Å². The number of halogens is 1. The van der Waals surface area contributed by atoms with E-state index in [-0.39, 0.29) is 5.56 Å². The molecule has 2 aromatic rings. The fraction of sp³-hybridized carbons (Fsp3) is 0.467. The van der Waals surface area contributed by atoms with Crippen LogP contribution in [0.3, 0.4) is 0 Å². The van der Waals surface area contributed by atoms with Crippen LogP contribution in [0.2, 0.25) is 5.02 Å². The molecule has 0 aromatic carbocycles. The van der Waals surface area contributed by atoms with Crippen LogP contribution in [-0.4, -0.2) is 14.6 Å². The van der Waals surface area contributed by atoms with Gasteiger partial charge >= 0.3 is 0 Å². The molecular weight excluding hydrogens is 292 g/mol. The standard InChI is InChI=1S/C15H17ClN2OS/c16-11-6-7-14-17-12(8-15(19)18(14)9-11)10-20-13-4-2-1-3-5-13/h6-9,13H,1-5,10H2. The van der Waals surface area contributed by atoms with Gasteiger partial charge in [-0.3, -0.25) is 9.20 Å². The molecule has 3 nitrogen and oxygen atoms in total. The van der Waals surface area contributed by atoms with Crippen LogP contribution in [0.15, 0.2) is 29.2 Å². The predicted molar refractivity (Wildman–Crippen MR) is 84.6 cm³/mol. The largest absolute Gasteiger partial charge is 0.269 e. The van der Waals surface area contributed by atoms with E-state index >= 15 is 0 Å². The number of thioether (sulfide) groups is 1. The zero-order valence-electron chi connectivity index (χ0n) is 11.2. The van der Waals surface area contributed by atoms with Crippen LogP contribution in [0, 0.1) is 0 Å². The van der Waals surface area contributed by atoms with Crippen molar-refractivity contribution in [3.63, 3.8) is 0 Å². The van der Waals surface area contributed by atoms with E-state index in [4.69, 9.17) is 11.6 Å². The van der Waals surface area contributed by atoms with E-state index in [0.717, 1.165) is 16.7 Å². The van der Waals surface area contributed by atoms with Crippen molar-refractivity contribution in [1.29, 1.82) is 0 Å². The molecule has 1 aliphatic rings. The van der Waals surface area contributed by atoms with E-state index in [9.17, 15) is 4.79 Å². The minimum Gasteiger partial charge on any atom is -0.269 e. The molecule has 1 aliphatic carbocycles. The normalized spacial score (nSPS) is 16.6. The summed E-state index contributed by atoms with van der Waals surface area (Å²) in [5, 5.41) is 1.28. The number of hydrogen-bond acceptors (Lipinski definition) is 3. The van der Waals surface area contributed by atoms with Gasteiger partial charge in [-0.2, -0.15) is 11.8 Å². The molecule has 0 radical (unpaired) electrons. The Morgan fingerprint density at radius 3 is 2.90 bits per heavy atom. The molecule has 106 valence electrons. The Morgan fingerprint density at radius 1 is 1.30 bits per heavy atom. The van der Waals surface area contributed by atoms with E-state index in [2.05, 4.69) is 4.98 Å². The van der Waals surface area contributed by atoms with Crippen LogP contribution < -0.4 is 5.56 Å². The monoisotopic (exact) mass is 308 g/mol. The van der Waals surface area contributed by atoms with Crippen LogP contribution in [-0.2, 0) is 5.75 Å². The van der Waals surface area contributed by atoms with E-state index < -0.39 is 0 Å². The van der Waals surface area contributed by atoms with E-state index in [0.29, 0.717) is 10.7 Å². The summed E-state index contributed by atoms with van der Waals surface area (Å²) >= 11 is 7.84. The molecule has 0 atom stereocenters. The molecule has 0 bridgehead atoms. The number of fused-ring (bicyclic) bond motifs is 1. The quantitative estimate of drug-likeness (QED) is 0.862. The zero-order valence-corrected chi connectivity index (χ0v) is 12.8. The second-order valence-corrected chi connectivity index (χ2v) is 6.96. The van der Waals surface area contributed by atoms with Crippen molar-refractivity contribution in [1.82, 2.24) is 9.38 Å². The van der Waals surface area contributed by atoms with Gasteiger partial charge in [0.2, 0.25) is 0 Å². The molecule has 0 amide bonds. The lowest BCUT2D eigenvalue weighted by Gasteiger charge is -2.20. The van der Waals surface area contributed by atoms with E-state index in [1.54, 1.807) is 24.4 Å². The highest BCUT2D eigenvalue weighted by molar-refractivity contribution is 7.99. The number of nitrogens with zero attached hydrogens (tertiary/aromatic N) is 2. The summed E-state index contributed by atoms with van der Waals surface area (Å²) in [6.45, 7) is 0. The third kappa shape index (κ3) is 3.18. The lowest BCUT2D eigenvalue weighted by atomic mass is 10.0. The van der Waals surface area contributed by atoms with Gasteiger partial charge in [0.05, 0.1) is 10.7 Å². The molecule has 5 heteroatoms. The van der Waals surface area contributed by atoms with Crippen molar-refractivity contribution in [2.75, 3.05) is 0 Å². The smallest absolute Gasteiger partial charge is 0.258 e. The molecule has 0 spiro atoms. The van der Waals surface area contributed by atoms with Crippen molar-refractivity contribution in [2.24, 2.45) is 0 Å². The summed E-state index contributed by atoms with van der Waals surface area (Å²) in [6.07, 6.45) is 8.26. The summed E-state index contributed by atoms with van der Waals surface area (Å²) in [5.74, 6) is 0.818. The fourth-order valence-electron chi connectivity index (χ4n) is 2.64. The molecule has 0 aliphatic heterocycles. The highest BCUT2D eigenvalue weighted by atomic mass is 35.5. The lowest BCUT2D eigenvalue weighted by molar-refractivity contribution is 0.516. The molecule has 0 N–H and O–H groups in total. The third-order valence-corrected chi connectivity index (χ3v) is 5.32. The Hall–Kier alpha value is -1.00. The minimum absolute atomic E-state index is 0.0586. The van der Waals surface area contributed by atoms with E-state index in [1.165, 1.54) is 36.5 Å². The highest BCUT2D eigenvalue weighted by Crippen LogP contribution is 2.29. The van der Waals surface area contributed by atoms with Gasteiger partial charge in [0.1, 0.15) is 5.65 Å². The summed E-state index contributed by atoms with van der Waals surface area (Å²) < 4.78 is 1.50. The number of pyridine rings is 1. The Labute approximate surface area is 127 Å². The number of aromatic nitrogens is 2. The van der Waals surface area contributed by atoms with Crippen LogP contribution in [0.5, 0.6) is 0 Å². The summed E-state index contributed by atoms with van der Waals surface area (Å²) in [4.78, 5) is 16.6. The van der Waals surface area contributed by atoms with Crippen molar-refractivity contribution in [3.05, 3.63) is 45.5 Å². The fourth-order valence-corrected chi connectivity index (χ4v) is 4.02. The molecule has 0 unspecified atom stereocenters. The Kier molecular flexibility index (Phi) is 4.32. The Morgan fingerprint density at radius 2 is 2.10 bits per heavy atom. The maximum Gasteiger partial charge on any atom is 0.258 e. The molecule has 2 heterocycles. The summed E-state index contributed by atoms with van der Waals surface area (Å²) in [7, 11) is 0. The van der Waals surface area contributed by atoms with Gasteiger partial charge in [-0.25, -0.2) is 4.98 Å². The topological polar surface area (TPSA) is 34.4 Å². The van der Waals surface area contributed by atoms with Gasteiger partial charge in [0.15, 0.2) is 0 Å². The van der Waals surface area contributed by atoms with Crippen molar-refractivity contribution in [3.8, 4) is 0 Å². The van der Waals surface area contributed by atoms with Gasteiger partial charge in [-0.15, -0.1) is 0 Å². The lowest BCUT2D eigenvalue weighted by Crippen LogP contribution is -2.15. The second-order valence-electron chi connectivity index (χ2n) is 5.23. The third-order valence-electron chi connectivity index (χ3n) is 3.70. The first-order chi connectivity index (χ1) is 9.72. The van der Waals surface area contributed by atoms with Gasteiger partial charge in [0.25, 0.3) is 5.56 Å². The van der Waals surface area contributed by atoms with Crippen molar-refractivity contribution >= 4 is 29.0 Å². The maximum atomic E-state index is 12.1. The average Bonchev–Trinajstić information content (AvgIpc) is 2.47. The van der Waals surface area contributed by atoms with Crippen molar-refractivity contribution in [2.45, 2.75) is 43.1 Å². The van der Waals surface area contributed by atoms with Crippen LogP contribution >= 0.6 is 23.4 Å². The zero-order chi connectivity index (χ0) is 13.9. The Balaban J connectivity index is 1.78. The first-order valence-electron chi connectivity index (χ1n) is 7.02. The highest BCUT2D eigenvalue weighted by Gasteiger charge is 2.14. The van der Waals surface area contributed by atoms with Crippen molar-refractivity contribution < 1.29 is 0 Å². The average molecular weight is 309 g/mol. The molecule has 20 heavy (non-hydrogen) atoms. The summed E-state index contributed by atoms with van der Waals surface area (Å²) in [5.41, 5.74) is 1.48. The first-order valence-corrected chi connectivity index (χ1v) is 8.44.